The van der Waals surface area contributed by atoms with E-state index in [0.717, 1.165) is 16.9 Å². The van der Waals surface area contributed by atoms with Crippen molar-refractivity contribution in [3.8, 4) is 11.5 Å². The third kappa shape index (κ3) is 5.87. The van der Waals surface area contributed by atoms with Crippen molar-refractivity contribution in [2.24, 2.45) is 11.8 Å². The number of allylic oxidation sites excluding steroid dienone is 2. The summed E-state index contributed by atoms with van der Waals surface area (Å²) in [5, 5.41) is 5.68. The number of carbonyl (C=O) groups is 4. The zero-order chi connectivity index (χ0) is 30.8. The van der Waals surface area contributed by atoms with Crippen LogP contribution in [-0.4, -0.2) is 23.6 Å². The number of hydrogen-bond acceptors (Lipinski definition) is 5. The lowest BCUT2D eigenvalue weighted by atomic mass is 9.82. The van der Waals surface area contributed by atoms with Crippen LogP contribution in [0.1, 0.15) is 46.0 Å². The van der Waals surface area contributed by atoms with Crippen LogP contribution in [0.2, 0.25) is 0 Å². The number of imide groups is 1. The SMILES string of the molecule is CC1=CC[C@H]2C(=O)N(c3ccccc3C(=O)Nc3ccc(C(=O)Nc4ccc(Oc5ccc(C)cc5)cc4)cc3)C(=O)[C@H]2C1. The highest BCUT2D eigenvalue weighted by Crippen LogP contribution is 2.40. The molecule has 0 aromatic heterocycles. The molecule has 4 aromatic rings. The third-order valence-corrected chi connectivity index (χ3v) is 7.99. The fourth-order valence-electron chi connectivity index (χ4n) is 5.59. The maximum absolute atomic E-state index is 13.3. The predicted molar refractivity (Wildman–Crippen MR) is 169 cm³/mol. The Balaban J connectivity index is 1.09. The van der Waals surface area contributed by atoms with E-state index in [4.69, 9.17) is 4.74 Å². The van der Waals surface area contributed by atoms with Gasteiger partial charge in [-0.1, -0.05) is 41.5 Å². The van der Waals surface area contributed by atoms with Gasteiger partial charge in [0.15, 0.2) is 0 Å². The van der Waals surface area contributed by atoms with Crippen LogP contribution < -0.4 is 20.3 Å². The number of rotatable bonds is 7. The van der Waals surface area contributed by atoms with Crippen molar-refractivity contribution in [1.82, 2.24) is 0 Å². The largest absolute Gasteiger partial charge is 0.457 e. The van der Waals surface area contributed by atoms with Gasteiger partial charge < -0.3 is 15.4 Å². The van der Waals surface area contributed by atoms with Crippen LogP contribution >= 0.6 is 0 Å². The van der Waals surface area contributed by atoms with Crippen molar-refractivity contribution in [2.45, 2.75) is 26.7 Å². The number of para-hydroxylation sites is 1. The second-order valence-electron chi connectivity index (χ2n) is 11.2. The number of ether oxygens (including phenoxy) is 1. The Morgan fingerprint density at radius 1 is 0.705 bits per heavy atom. The van der Waals surface area contributed by atoms with Crippen molar-refractivity contribution in [3.63, 3.8) is 0 Å². The van der Waals surface area contributed by atoms with Gasteiger partial charge in [-0.25, -0.2) is 4.90 Å². The van der Waals surface area contributed by atoms with E-state index in [2.05, 4.69) is 10.6 Å². The van der Waals surface area contributed by atoms with E-state index in [9.17, 15) is 19.2 Å². The number of hydrogen-bond donors (Lipinski definition) is 2. The Labute approximate surface area is 255 Å². The number of benzene rings is 4. The number of nitrogens with one attached hydrogen (secondary N) is 2. The normalized spacial score (nSPS) is 17.5. The number of carbonyl (C=O) groups excluding carboxylic acids is 4. The first kappa shape index (κ1) is 28.6. The van der Waals surface area contributed by atoms with Crippen LogP contribution in [0.3, 0.4) is 0 Å². The van der Waals surface area contributed by atoms with Crippen molar-refractivity contribution in [2.75, 3.05) is 15.5 Å². The number of fused-ring (bicyclic) bond motifs is 1. The molecule has 2 aliphatic rings. The molecule has 220 valence electrons. The summed E-state index contributed by atoms with van der Waals surface area (Å²) < 4.78 is 5.84. The molecule has 6 rings (SSSR count). The van der Waals surface area contributed by atoms with Crippen molar-refractivity contribution < 1.29 is 23.9 Å². The summed E-state index contributed by atoms with van der Waals surface area (Å²) in [5.41, 5.74) is 4.22. The van der Waals surface area contributed by atoms with E-state index in [1.165, 1.54) is 4.90 Å². The molecule has 0 spiro atoms. The molecule has 44 heavy (non-hydrogen) atoms. The highest BCUT2D eigenvalue weighted by Gasteiger charge is 2.49. The molecule has 1 aliphatic heterocycles. The first-order valence-electron chi connectivity index (χ1n) is 14.5. The quantitative estimate of drug-likeness (QED) is 0.177. The molecule has 0 saturated carbocycles. The van der Waals surface area contributed by atoms with E-state index < -0.39 is 17.7 Å². The minimum atomic E-state index is -0.462. The third-order valence-electron chi connectivity index (χ3n) is 7.99. The zero-order valence-corrected chi connectivity index (χ0v) is 24.4. The topological polar surface area (TPSA) is 105 Å². The van der Waals surface area contributed by atoms with E-state index in [1.807, 2.05) is 44.2 Å². The Morgan fingerprint density at radius 3 is 1.95 bits per heavy atom. The predicted octanol–water partition coefficient (Wildman–Crippen LogP) is 7.14. The van der Waals surface area contributed by atoms with E-state index in [1.54, 1.807) is 72.8 Å². The molecule has 1 aliphatic carbocycles. The van der Waals surface area contributed by atoms with Crippen LogP contribution in [0.15, 0.2) is 109 Å². The van der Waals surface area contributed by atoms with E-state index >= 15 is 0 Å². The smallest absolute Gasteiger partial charge is 0.257 e. The van der Waals surface area contributed by atoms with Gasteiger partial charge in [0.25, 0.3) is 11.8 Å². The molecule has 1 heterocycles. The molecular weight excluding hydrogens is 554 g/mol. The van der Waals surface area contributed by atoms with Gasteiger partial charge in [-0.15, -0.1) is 0 Å². The molecule has 0 unspecified atom stereocenters. The van der Waals surface area contributed by atoms with Gasteiger partial charge in [0, 0.05) is 16.9 Å². The average Bonchev–Trinajstić information content (AvgIpc) is 3.27. The molecule has 1 saturated heterocycles. The number of nitrogens with zero attached hydrogens (tertiary/aromatic N) is 1. The number of anilines is 3. The molecule has 2 N–H and O–H groups in total. The van der Waals surface area contributed by atoms with Gasteiger partial charge in [0.2, 0.25) is 11.8 Å². The maximum Gasteiger partial charge on any atom is 0.257 e. The molecule has 1 fully saturated rings. The number of aryl methyl sites for hydroxylation is 1. The standard InChI is InChI=1S/C36H31N3O5/c1-22-7-16-27(17-8-22)44-28-18-14-26(15-19-28)37-33(40)24-10-12-25(13-11-24)38-34(41)30-5-3-4-6-32(30)39-35(42)29-20-9-23(2)21-31(29)36(39)43/h3-19,29,31H,20-21H2,1-2H3,(H,37,40)(H,38,41)/t29-,31+/m1/s1. The summed E-state index contributed by atoms with van der Waals surface area (Å²) in [6.07, 6.45) is 3.09. The van der Waals surface area contributed by atoms with Gasteiger partial charge in [-0.2, -0.15) is 0 Å². The van der Waals surface area contributed by atoms with Crippen LogP contribution in [0, 0.1) is 18.8 Å². The monoisotopic (exact) mass is 585 g/mol. The highest BCUT2D eigenvalue weighted by molar-refractivity contribution is 6.25. The molecule has 0 radical (unpaired) electrons. The minimum Gasteiger partial charge on any atom is -0.457 e. The lowest BCUT2D eigenvalue weighted by molar-refractivity contribution is -0.122. The molecule has 0 bridgehead atoms. The summed E-state index contributed by atoms with van der Waals surface area (Å²) in [4.78, 5) is 53.8. The molecule has 4 amide bonds. The van der Waals surface area contributed by atoms with Gasteiger partial charge in [0.05, 0.1) is 23.1 Å². The Bertz CT molecular complexity index is 1780. The zero-order valence-electron chi connectivity index (χ0n) is 24.4. The molecular formula is C36H31N3O5. The first-order valence-corrected chi connectivity index (χ1v) is 14.5. The van der Waals surface area contributed by atoms with Crippen molar-refractivity contribution in [1.29, 1.82) is 0 Å². The van der Waals surface area contributed by atoms with Crippen molar-refractivity contribution in [3.05, 3.63) is 125 Å². The second-order valence-corrected chi connectivity index (χ2v) is 11.2. The fraction of sp³-hybridized carbons (Fsp3) is 0.167. The molecule has 4 aromatic carbocycles. The molecule has 8 nitrogen and oxygen atoms in total. The summed E-state index contributed by atoms with van der Waals surface area (Å²) >= 11 is 0. The average molecular weight is 586 g/mol. The summed E-state index contributed by atoms with van der Waals surface area (Å²) in [6.45, 7) is 3.98. The number of amides is 4. The second kappa shape index (κ2) is 12.0. The lowest BCUT2D eigenvalue weighted by Crippen LogP contribution is -2.33. The van der Waals surface area contributed by atoms with Crippen molar-refractivity contribution >= 4 is 40.7 Å². The van der Waals surface area contributed by atoms with E-state index in [0.29, 0.717) is 35.5 Å². The van der Waals surface area contributed by atoms with Gasteiger partial charge in [-0.3, -0.25) is 19.2 Å². The van der Waals surface area contributed by atoms with Crippen LogP contribution in [-0.2, 0) is 9.59 Å². The van der Waals surface area contributed by atoms with Gasteiger partial charge in [-0.05, 0) is 99.5 Å². The van der Waals surface area contributed by atoms with Crippen LogP contribution in [0.5, 0.6) is 11.5 Å². The Morgan fingerprint density at radius 2 is 1.27 bits per heavy atom. The molecule has 2 atom stereocenters. The molecule has 8 heteroatoms. The maximum atomic E-state index is 13.3. The van der Waals surface area contributed by atoms with Gasteiger partial charge in [0.1, 0.15) is 11.5 Å². The summed E-state index contributed by atoms with van der Waals surface area (Å²) in [7, 11) is 0. The van der Waals surface area contributed by atoms with E-state index in [-0.39, 0.29) is 29.0 Å². The first-order chi connectivity index (χ1) is 21.3. The van der Waals surface area contributed by atoms with Crippen LogP contribution in [0.4, 0.5) is 17.1 Å². The summed E-state index contributed by atoms with van der Waals surface area (Å²) in [5.74, 6) is -0.723. The Kier molecular flexibility index (Phi) is 7.81. The highest BCUT2D eigenvalue weighted by atomic mass is 16.5. The Hall–Kier alpha value is -5.50. The fourth-order valence-corrected chi connectivity index (χ4v) is 5.59. The van der Waals surface area contributed by atoms with Gasteiger partial charge >= 0.3 is 0 Å². The summed E-state index contributed by atoms with van der Waals surface area (Å²) in [6, 6.07) is 27.9. The minimum absolute atomic E-state index is 0.217. The van der Waals surface area contributed by atoms with Crippen LogP contribution in [0.25, 0.3) is 0 Å². The lowest BCUT2D eigenvalue weighted by Gasteiger charge is -2.19.